The molecule has 4 heteroatoms. The Morgan fingerprint density at radius 2 is 1.57 bits per heavy atom. The van der Waals surface area contributed by atoms with Crippen LogP contribution >= 0.6 is 0 Å². The Morgan fingerprint density at radius 3 is 2.04 bits per heavy atom. The summed E-state index contributed by atoms with van der Waals surface area (Å²) >= 11 is 0. The molecule has 1 rings (SSSR count). The van der Waals surface area contributed by atoms with Crippen LogP contribution in [0.1, 0.15) is 62.7 Å². The number of ether oxygens (including phenoxy) is 2. The summed E-state index contributed by atoms with van der Waals surface area (Å²) in [5.41, 5.74) is 0.612. The molecule has 0 radical (unpaired) electrons. The first-order valence-corrected chi connectivity index (χ1v) is 8.69. The van der Waals surface area contributed by atoms with Crippen molar-refractivity contribution in [3.63, 3.8) is 0 Å². The number of carbonyl (C=O) groups is 1. The summed E-state index contributed by atoms with van der Waals surface area (Å²) in [5, 5.41) is 0. The van der Waals surface area contributed by atoms with Crippen molar-refractivity contribution >= 4 is 5.91 Å². The van der Waals surface area contributed by atoms with Gasteiger partial charge in [0.15, 0.2) is 0 Å². The van der Waals surface area contributed by atoms with E-state index in [1.807, 2.05) is 11.0 Å². The van der Waals surface area contributed by atoms with E-state index in [-0.39, 0.29) is 5.91 Å². The number of amides is 1. The van der Waals surface area contributed by atoms with Crippen molar-refractivity contribution in [2.24, 2.45) is 0 Å². The fourth-order valence-electron chi connectivity index (χ4n) is 2.57. The molecule has 0 heterocycles. The van der Waals surface area contributed by atoms with Gasteiger partial charge in [0.1, 0.15) is 11.5 Å². The van der Waals surface area contributed by atoms with E-state index in [0.29, 0.717) is 17.1 Å². The van der Waals surface area contributed by atoms with Crippen LogP contribution in [0.25, 0.3) is 0 Å². The normalized spacial score (nSPS) is 10.4. The Bertz CT molecular complexity index is 464. The summed E-state index contributed by atoms with van der Waals surface area (Å²) in [6, 6.07) is 5.38. The maximum atomic E-state index is 12.9. The Balaban J connectivity index is 2.88. The van der Waals surface area contributed by atoms with E-state index in [1.165, 1.54) is 0 Å². The molecule has 1 amide bonds. The third-order valence-corrected chi connectivity index (χ3v) is 3.99. The second-order valence-electron chi connectivity index (χ2n) is 5.77. The predicted molar refractivity (Wildman–Crippen MR) is 94.5 cm³/mol. The van der Waals surface area contributed by atoms with Crippen molar-refractivity contribution in [3.8, 4) is 11.5 Å². The van der Waals surface area contributed by atoms with Crippen LogP contribution in [0.3, 0.4) is 0 Å². The fraction of sp³-hybridized carbons (Fsp3) is 0.632. The van der Waals surface area contributed by atoms with Gasteiger partial charge in [-0.3, -0.25) is 4.79 Å². The zero-order chi connectivity index (χ0) is 17.1. The van der Waals surface area contributed by atoms with Crippen LogP contribution in [-0.4, -0.2) is 38.1 Å². The number of benzene rings is 1. The molecule has 0 aromatic heterocycles. The predicted octanol–water partition coefficient (Wildman–Crippen LogP) is 4.53. The second kappa shape index (κ2) is 10.9. The molecule has 0 N–H and O–H groups in total. The summed E-state index contributed by atoms with van der Waals surface area (Å²) in [7, 11) is 3.20. The van der Waals surface area contributed by atoms with Gasteiger partial charge in [0, 0.05) is 19.2 Å². The van der Waals surface area contributed by atoms with Gasteiger partial charge < -0.3 is 14.4 Å². The topological polar surface area (TPSA) is 38.8 Å². The minimum absolute atomic E-state index is 0.0525. The van der Waals surface area contributed by atoms with E-state index in [9.17, 15) is 4.79 Å². The summed E-state index contributed by atoms with van der Waals surface area (Å²) in [6.07, 6.45) is 6.71. The largest absolute Gasteiger partial charge is 0.497 e. The molecule has 23 heavy (non-hydrogen) atoms. The lowest BCUT2D eigenvalue weighted by molar-refractivity contribution is 0.0746. The number of nitrogens with zero attached hydrogens (tertiary/aromatic N) is 1. The van der Waals surface area contributed by atoms with Gasteiger partial charge in [-0.05, 0) is 25.0 Å². The van der Waals surface area contributed by atoms with Gasteiger partial charge in [-0.1, -0.05) is 39.5 Å². The zero-order valence-electron chi connectivity index (χ0n) is 15.1. The molecule has 0 aliphatic carbocycles. The van der Waals surface area contributed by atoms with Gasteiger partial charge in [-0.25, -0.2) is 0 Å². The van der Waals surface area contributed by atoms with Gasteiger partial charge in [0.25, 0.3) is 5.91 Å². The van der Waals surface area contributed by atoms with Crippen LogP contribution < -0.4 is 9.47 Å². The molecule has 1 aromatic rings. The number of hydrogen-bond acceptors (Lipinski definition) is 3. The van der Waals surface area contributed by atoms with Crippen molar-refractivity contribution < 1.29 is 14.3 Å². The lowest BCUT2D eigenvalue weighted by atomic mass is 10.1. The molecular weight excluding hydrogens is 290 g/mol. The second-order valence-corrected chi connectivity index (χ2v) is 5.77. The first kappa shape index (κ1) is 19.3. The Labute approximate surface area is 140 Å². The molecule has 0 saturated carbocycles. The Kier molecular flexibility index (Phi) is 9.18. The van der Waals surface area contributed by atoms with Crippen LogP contribution in [0.4, 0.5) is 0 Å². The monoisotopic (exact) mass is 321 g/mol. The highest BCUT2D eigenvalue weighted by Gasteiger charge is 2.19. The van der Waals surface area contributed by atoms with Gasteiger partial charge in [0.05, 0.1) is 19.8 Å². The molecule has 0 aliphatic rings. The highest BCUT2D eigenvalue weighted by molar-refractivity contribution is 5.97. The SMILES string of the molecule is CCCCCN(CCCCC)C(=O)c1ccc(OC)cc1OC. The van der Waals surface area contributed by atoms with Crippen LogP contribution in [0.15, 0.2) is 18.2 Å². The van der Waals surface area contributed by atoms with Crippen LogP contribution in [0.2, 0.25) is 0 Å². The highest BCUT2D eigenvalue weighted by Crippen LogP contribution is 2.26. The molecule has 4 nitrogen and oxygen atoms in total. The smallest absolute Gasteiger partial charge is 0.257 e. The van der Waals surface area contributed by atoms with Crippen LogP contribution in [0.5, 0.6) is 11.5 Å². The van der Waals surface area contributed by atoms with E-state index in [4.69, 9.17) is 9.47 Å². The standard InChI is InChI=1S/C19H31NO3/c1-5-7-9-13-20(14-10-8-6-2)19(21)17-12-11-16(22-3)15-18(17)23-4/h11-12,15H,5-10,13-14H2,1-4H3. The van der Waals surface area contributed by atoms with Crippen LogP contribution in [0, 0.1) is 0 Å². The minimum Gasteiger partial charge on any atom is -0.497 e. The molecular formula is C19H31NO3. The molecule has 0 spiro atoms. The average molecular weight is 321 g/mol. The number of unbranched alkanes of at least 4 members (excludes halogenated alkanes) is 4. The molecule has 0 saturated heterocycles. The van der Waals surface area contributed by atoms with Gasteiger partial charge in [0.2, 0.25) is 0 Å². The summed E-state index contributed by atoms with van der Waals surface area (Å²) < 4.78 is 10.6. The van der Waals surface area contributed by atoms with Gasteiger partial charge in [-0.15, -0.1) is 0 Å². The summed E-state index contributed by atoms with van der Waals surface area (Å²) in [6.45, 7) is 5.97. The molecule has 0 atom stereocenters. The van der Waals surface area contributed by atoms with E-state index in [2.05, 4.69) is 13.8 Å². The summed E-state index contributed by atoms with van der Waals surface area (Å²) in [4.78, 5) is 14.9. The number of hydrogen-bond donors (Lipinski definition) is 0. The highest BCUT2D eigenvalue weighted by atomic mass is 16.5. The molecule has 0 bridgehead atoms. The Morgan fingerprint density at radius 1 is 0.957 bits per heavy atom. The molecule has 1 aromatic carbocycles. The van der Waals surface area contributed by atoms with Crippen molar-refractivity contribution in [2.75, 3.05) is 27.3 Å². The van der Waals surface area contributed by atoms with Crippen LogP contribution in [-0.2, 0) is 0 Å². The number of carbonyl (C=O) groups excluding carboxylic acids is 1. The lowest BCUT2D eigenvalue weighted by Gasteiger charge is -2.24. The van der Waals surface area contributed by atoms with Gasteiger partial charge in [-0.2, -0.15) is 0 Å². The molecule has 130 valence electrons. The fourth-order valence-corrected chi connectivity index (χ4v) is 2.57. The van der Waals surface area contributed by atoms with E-state index >= 15 is 0 Å². The third-order valence-electron chi connectivity index (χ3n) is 3.99. The number of methoxy groups -OCH3 is 2. The van der Waals surface area contributed by atoms with Crippen molar-refractivity contribution in [3.05, 3.63) is 23.8 Å². The molecule has 0 unspecified atom stereocenters. The molecule has 0 fully saturated rings. The van der Waals surface area contributed by atoms with E-state index < -0.39 is 0 Å². The van der Waals surface area contributed by atoms with Gasteiger partial charge >= 0.3 is 0 Å². The first-order chi connectivity index (χ1) is 11.2. The van der Waals surface area contributed by atoms with Crippen molar-refractivity contribution in [1.82, 2.24) is 4.90 Å². The molecule has 0 aliphatic heterocycles. The van der Waals surface area contributed by atoms with E-state index in [1.54, 1.807) is 26.4 Å². The first-order valence-electron chi connectivity index (χ1n) is 8.69. The van der Waals surface area contributed by atoms with Crippen molar-refractivity contribution in [1.29, 1.82) is 0 Å². The maximum absolute atomic E-state index is 12.9. The minimum atomic E-state index is 0.0525. The average Bonchev–Trinajstić information content (AvgIpc) is 2.59. The lowest BCUT2D eigenvalue weighted by Crippen LogP contribution is -2.33. The van der Waals surface area contributed by atoms with E-state index in [0.717, 1.165) is 51.6 Å². The zero-order valence-corrected chi connectivity index (χ0v) is 15.1. The maximum Gasteiger partial charge on any atom is 0.257 e. The quantitative estimate of drug-likeness (QED) is 0.562. The Hall–Kier alpha value is -1.71. The summed E-state index contributed by atoms with van der Waals surface area (Å²) in [5.74, 6) is 1.32. The third kappa shape index (κ3) is 6.12. The van der Waals surface area contributed by atoms with Crippen molar-refractivity contribution in [2.45, 2.75) is 52.4 Å². The number of rotatable bonds is 11.